The van der Waals surface area contributed by atoms with E-state index in [1.807, 2.05) is 31.3 Å². The van der Waals surface area contributed by atoms with E-state index in [0.29, 0.717) is 5.41 Å². The van der Waals surface area contributed by atoms with Gasteiger partial charge in [0.25, 0.3) is 0 Å². The van der Waals surface area contributed by atoms with Crippen molar-refractivity contribution in [2.24, 2.45) is 5.41 Å². The number of ether oxygens (including phenoxy) is 2. The van der Waals surface area contributed by atoms with Crippen LogP contribution >= 0.6 is 0 Å². The largest absolute Gasteiger partial charge is 0.497 e. The van der Waals surface area contributed by atoms with Crippen LogP contribution in [0.3, 0.4) is 0 Å². The van der Waals surface area contributed by atoms with E-state index >= 15 is 0 Å². The van der Waals surface area contributed by atoms with E-state index in [2.05, 4.69) is 17.1 Å². The molecular formula is C16H26N2O2. The van der Waals surface area contributed by atoms with Crippen molar-refractivity contribution in [2.75, 3.05) is 46.9 Å². The highest BCUT2D eigenvalue weighted by atomic mass is 16.5. The number of hydrogen-bond donors (Lipinski definition) is 1. The van der Waals surface area contributed by atoms with Crippen LogP contribution in [0.15, 0.2) is 24.3 Å². The molecule has 1 N–H and O–H groups in total. The normalized spacial score (nSPS) is 22.9. The second-order valence-electron chi connectivity index (χ2n) is 5.89. The maximum absolute atomic E-state index is 5.78. The fourth-order valence-electron chi connectivity index (χ4n) is 2.85. The van der Waals surface area contributed by atoms with E-state index in [9.17, 15) is 0 Å². The van der Waals surface area contributed by atoms with Crippen LogP contribution in [0.2, 0.25) is 0 Å². The number of rotatable bonds is 7. The van der Waals surface area contributed by atoms with Crippen molar-refractivity contribution >= 4 is 0 Å². The van der Waals surface area contributed by atoms with E-state index in [1.54, 1.807) is 7.11 Å². The summed E-state index contributed by atoms with van der Waals surface area (Å²) in [6.07, 6.45) is 1.26. The fourth-order valence-corrected chi connectivity index (χ4v) is 2.85. The summed E-state index contributed by atoms with van der Waals surface area (Å²) in [5.41, 5.74) is 0.412. The Morgan fingerprint density at radius 1 is 1.25 bits per heavy atom. The smallest absolute Gasteiger partial charge is 0.119 e. The Bertz CT molecular complexity index is 407. The first-order chi connectivity index (χ1) is 9.65. The van der Waals surface area contributed by atoms with Gasteiger partial charge in [0.1, 0.15) is 18.1 Å². The van der Waals surface area contributed by atoms with Crippen LogP contribution in [-0.4, -0.2) is 51.8 Å². The van der Waals surface area contributed by atoms with E-state index < -0.39 is 0 Å². The molecule has 1 unspecified atom stereocenters. The van der Waals surface area contributed by atoms with Gasteiger partial charge in [0.2, 0.25) is 0 Å². The molecule has 2 rings (SSSR count). The predicted molar refractivity (Wildman–Crippen MR) is 81.6 cm³/mol. The molecule has 0 amide bonds. The molecule has 4 nitrogen and oxygen atoms in total. The summed E-state index contributed by atoms with van der Waals surface area (Å²) in [7, 11) is 3.70. The van der Waals surface area contributed by atoms with Crippen molar-refractivity contribution in [3.8, 4) is 11.5 Å². The first-order valence-electron chi connectivity index (χ1n) is 7.29. The number of hydrogen-bond acceptors (Lipinski definition) is 4. The van der Waals surface area contributed by atoms with Crippen molar-refractivity contribution in [3.63, 3.8) is 0 Å². The standard InChI is InChI=1S/C16H26N2O2/c1-16(12-17-2)8-9-18(13-16)10-11-20-15-6-4-14(19-3)5-7-15/h4-7,17H,8-13H2,1-3H3. The van der Waals surface area contributed by atoms with Crippen LogP contribution in [0.4, 0.5) is 0 Å². The lowest BCUT2D eigenvalue weighted by Crippen LogP contribution is -2.34. The van der Waals surface area contributed by atoms with Crippen molar-refractivity contribution in [3.05, 3.63) is 24.3 Å². The minimum atomic E-state index is 0.412. The lowest BCUT2D eigenvalue weighted by Gasteiger charge is -2.24. The quantitative estimate of drug-likeness (QED) is 0.827. The van der Waals surface area contributed by atoms with Gasteiger partial charge in [-0.15, -0.1) is 0 Å². The molecule has 0 bridgehead atoms. The topological polar surface area (TPSA) is 33.7 Å². The molecule has 0 saturated carbocycles. The first kappa shape index (κ1) is 15.1. The average Bonchev–Trinajstić information content (AvgIpc) is 2.81. The first-order valence-corrected chi connectivity index (χ1v) is 7.29. The maximum Gasteiger partial charge on any atom is 0.119 e. The summed E-state index contributed by atoms with van der Waals surface area (Å²) >= 11 is 0. The molecule has 1 aliphatic rings. The molecule has 0 aromatic heterocycles. The number of likely N-dealkylation sites (tertiary alicyclic amines) is 1. The second-order valence-corrected chi connectivity index (χ2v) is 5.89. The maximum atomic E-state index is 5.78. The minimum Gasteiger partial charge on any atom is -0.497 e. The Kier molecular flexibility index (Phi) is 5.26. The molecule has 0 spiro atoms. The number of methoxy groups -OCH3 is 1. The summed E-state index contributed by atoms with van der Waals surface area (Å²) < 4.78 is 10.9. The van der Waals surface area contributed by atoms with Gasteiger partial charge in [-0.2, -0.15) is 0 Å². The molecule has 1 aliphatic heterocycles. The lowest BCUT2D eigenvalue weighted by atomic mass is 9.90. The highest BCUT2D eigenvalue weighted by Gasteiger charge is 2.32. The summed E-state index contributed by atoms with van der Waals surface area (Å²) in [4.78, 5) is 2.49. The summed E-state index contributed by atoms with van der Waals surface area (Å²) in [6, 6.07) is 7.76. The Labute approximate surface area is 122 Å². The molecule has 20 heavy (non-hydrogen) atoms. The Balaban J connectivity index is 1.71. The van der Waals surface area contributed by atoms with Crippen molar-refractivity contribution in [1.82, 2.24) is 10.2 Å². The third-order valence-corrected chi connectivity index (χ3v) is 3.98. The van der Waals surface area contributed by atoms with Crippen molar-refractivity contribution in [1.29, 1.82) is 0 Å². The molecule has 1 aromatic carbocycles. The van der Waals surface area contributed by atoms with E-state index in [1.165, 1.54) is 13.0 Å². The Morgan fingerprint density at radius 2 is 1.95 bits per heavy atom. The molecule has 0 radical (unpaired) electrons. The zero-order chi connectivity index (χ0) is 14.4. The summed E-state index contributed by atoms with van der Waals surface area (Å²) in [5, 5.41) is 3.29. The van der Waals surface area contributed by atoms with Gasteiger partial charge < -0.3 is 14.8 Å². The van der Waals surface area contributed by atoms with Crippen molar-refractivity contribution in [2.45, 2.75) is 13.3 Å². The molecule has 1 atom stereocenters. The van der Waals surface area contributed by atoms with E-state index in [0.717, 1.165) is 37.7 Å². The van der Waals surface area contributed by atoms with Crippen LogP contribution in [-0.2, 0) is 0 Å². The predicted octanol–water partition coefficient (Wildman–Crippen LogP) is 2.01. The third-order valence-electron chi connectivity index (χ3n) is 3.98. The van der Waals surface area contributed by atoms with Crippen molar-refractivity contribution < 1.29 is 9.47 Å². The van der Waals surface area contributed by atoms with Gasteiger partial charge in [0.05, 0.1) is 7.11 Å². The van der Waals surface area contributed by atoms with Gasteiger partial charge in [-0.25, -0.2) is 0 Å². The van der Waals surface area contributed by atoms with Crippen LogP contribution in [0, 0.1) is 5.41 Å². The molecule has 1 aromatic rings. The molecule has 112 valence electrons. The van der Waals surface area contributed by atoms with Gasteiger partial charge in [-0.3, -0.25) is 4.90 Å². The molecule has 1 heterocycles. The molecule has 1 fully saturated rings. The summed E-state index contributed by atoms with van der Waals surface area (Å²) in [5.74, 6) is 1.77. The zero-order valence-electron chi connectivity index (χ0n) is 12.8. The summed E-state index contributed by atoms with van der Waals surface area (Å²) in [6.45, 7) is 7.49. The highest BCUT2D eigenvalue weighted by Crippen LogP contribution is 2.28. The van der Waals surface area contributed by atoms with Gasteiger partial charge in [-0.1, -0.05) is 6.92 Å². The van der Waals surface area contributed by atoms with Gasteiger partial charge in [-0.05, 0) is 49.7 Å². The van der Waals surface area contributed by atoms with Gasteiger partial charge >= 0.3 is 0 Å². The Morgan fingerprint density at radius 3 is 2.60 bits per heavy atom. The lowest BCUT2D eigenvalue weighted by molar-refractivity contribution is 0.216. The average molecular weight is 278 g/mol. The van der Waals surface area contributed by atoms with Gasteiger partial charge in [0.15, 0.2) is 0 Å². The molecule has 1 saturated heterocycles. The minimum absolute atomic E-state index is 0.412. The fraction of sp³-hybridized carbons (Fsp3) is 0.625. The Hall–Kier alpha value is -1.26. The van der Waals surface area contributed by atoms with Crippen LogP contribution < -0.4 is 14.8 Å². The van der Waals surface area contributed by atoms with Crippen LogP contribution in [0.5, 0.6) is 11.5 Å². The molecule has 4 heteroatoms. The highest BCUT2D eigenvalue weighted by molar-refractivity contribution is 5.31. The SMILES string of the molecule is CNCC1(C)CCN(CCOc2ccc(OC)cc2)C1. The van der Waals surface area contributed by atoms with Gasteiger partial charge in [0, 0.05) is 19.6 Å². The second kappa shape index (κ2) is 6.95. The van der Waals surface area contributed by atoms with E-state index in [-0.39, 0.29) is 0 Å². The molecular weight excluding hydrogens is 252 g/mol. The number of nitrogens with one attached hydrogen (secondary N) is 1. The molecule has 0 aliphatic carbocycles. The van der Waals surface area contributed by atoms with E-state index in [4.69, 9.17) is 9.47 Å². The number of benzene rings is 1. The monoisotopic (exact) mass is 278 g/mol. The zero-order valence-corrected chi connectivity index (χ0v) is 12.8. The van der Waals surface area contributed by atoms with Crippen LogP contribution in [0.25, 0.3) is 0 Å². The van der Waals surface area contributed by atoms with Crippen LogP contribution in [0.1, 0.15) is 13.3 Å². The third kappa shape index (κ3) is 4.12. The number of nitrogens with zero attached hydrogens (tertiary/aromatic N) is 1.